The normalized spacial score (nSPS) is 13.4. The van der Waals surface area contributed by atoms with Crippen molar-refractivity contribution in [3.05, 3.63) is 0 Å². The van der Waals surface area contributed by atoms with Gasteiger partial charge in [0.2, 0.25) is 0 Å². The second-order valence-corrected chi connectivity index (χ2v) is 13.5. The summed E-state index contributed by atoms with van der Waals surface area (Å²) in [6.07, 6.45) is 44.0. The third-order valence-corrected chi connectivity index (χ3v) is 9.43. The molecule has 0 aromatic carbocycles. The van der Waals surface area contributed by atoms with Crippen LogP contribution in [0.3, 0.4) is 0 Å². The molecule has 0 saturated heterocycles. The molecule has 0 N–H and O–H groups in total. The zero-order chi connectivity index (χ0) is 30.0. The fourth-order valence-corrected chi connectivity index (χ4v) is 6.51. The van der Waals surface area contributed by atoms with E-state index in [0.29, 0.717) is 0 Å². The maximum atomic E-state index is 5.99. The minimum atomic E-state index is 0.871. The molecule has 42 heavy (non-hydrogen) atoms. The Morgan fingerprint density at radius 1 is 0.452 bits per heavy atom. The monoisotopic (exact) mass is 591 g/mol. The minimum absolute atomic E-state index is 0.871. The molecule has 0 aromatic rings. The summed E-state index contributed by atoms with van der Waals surface area (Å²) in [6, 6.07) is 0. The average molecular weight is 591 g/mol. The quantitative estimate of drug-likeness (QED) is 0.0686. The van der Waals surface area contributed by atoms with Crippen molar-refractivity contribution in [3.8, 4) is 0 Å². The van der Waals surface area contributed by atoms with E-state index in [2.05, 4.69) is 18.7 Å². The highest BCUT2D eigenvalue weighted by molar-refractivity contribution is 5.83. The molecule has 1 aliphatic heterocycles. The van der Waals surface area contributed by atoms with E-state index in [4.69, 9.17) is 9.73 Å². The average Bonchev–Trinajstić information content (AvgIpc) is 3.45. The second-order valence-electron chi connectivity index (χ2n) is 13.5. The van der Waals surface area contributed by atoms with Gasteiger partial charge in [0.1, 0.15) is 0 Å². The molecule has 3 nitrogen and oxygen atoms in total. The number of rotatable bonds is 35. The van der Waals surface area contributed by atoms with Crippen LogP contribution in [-0.2, 0) is 4.74 Å². The fourth-order valence-electron chi connectivity index (χ4n) is 6.51. The van der Waals surface area contributed by atoms with Crippen molar-refractivity contribution in [1.82, 2.24) is 4.90 Å². The van der Waals surface area contributed by atoms with E-state index in [0.717, 1.165) is 32.8 Å². The van der Waals surface area contributed by atoms with Gasteiger partial charge >= 0.3 is 0 Å². The van der Waals surface area contributed by atoms with Gasteiger partial charge in [0.05, 0.1) is 19.0 Å². The zero-order valence-corrected chi connectivity index (χ0v) is 29.3. The van der Waals surface area contributed by atoms with Gasteiger partial charge in [0.15, 0.2) is 0 Å². The summed E-state index contributed by atoms with van der Waals surface area (Å²) in [6.45, 7) is 9.56. The summed E-state index contributed by atoms with van der Waals surface area (Å²) in [4.78, 5) is 7.30. The third-order valence-electron chi connectivity index (χ3n) is 9.43. The van der Waals surface area contributed by atoms with Crippen LogP contribution in [0.25, 0.3) is 0 Å². The van der Waals surface area contributed by atoms with E-state index < -0.39 is 0 Å². The molecule has 0 unspecified atom stereocenters. The SMILES string of the molecule is CCCCCCCCCCCCCCCCCCC1=NCCN1CCOCCCCCCCCCCCCCCCC. The first kappa shape index (κ1) is 39.5. The maximum absolute atomic E-state index is 5.99. The van der Waals surface area contributed by atoms with Gasteiger partial charge in [-0.05, 0) is 12.8 Å². The van der Waals surface area contributed by atoms with Crippen molar-refractivity contribution in [3.63, 3.8) is 0 Å². The number of hydrogen-bond donors (Lipinski definition) is 0. The van der Waals surface area contributed by atoms with Crippen LogP contribution >= 0.6 is 0 Å². The highest BCUT2D eigenvalue weighted by Crippen LogP contribution is 2.16. The van der Waals surface area contributed by atoms with Gasteiger partial charge in [-0.1, -0.05) is 194 Å². The Hall–Kier alpha value is -0.570. The van der Waals surface area contributed by atoms with Crippen molar-refractivity contribution in [2.75, 3.05) is 32.8 Å². The van der Waals surface area contributed by atoms with Crippen molar-refractivity contribution >= 4 is 5.84 Å². The Balaban J connectivity index is 1.78. The Labute approximate surface area is 265 Å². The summed E-state index contributed by atoms with van der Waals surface area (Å²) < 4.78 is 5.99. The first-order valence-corrected chi connectivity index (χ1v) is 19.7. The lowest BCUT2D eigenvalue weighted by molar-refractivity contribution is 0.118. The van der Waals surface area contributed by atoms with Crippen molar-refractivity contribution in [2.24, 2.45) is 4.99 Å². The minimum Gasteiger partial charge on any atom is -0.380 e. The van der Waals surface area contributed by atoms with Gasteiger partial charge in [0.25, 0.3) is 0 Å². The fraction of sp³-hybridized carbons (Fsp3) is 0.974. The number of amidine groups is 1. The van der Waals surface area contributed by atoms with E-state index in [1.165, 1.54) is 205 Å². The molecule has 0 amide bonds. The summed E-state index contributed by atoms with van der Waals surface area (Å²) in [5.41, 5.74) is 0. The van der Waals surface area contributed by atoms with E-state index in [9.17, 15) is 0 Å². The molecule has 1 rings (SSSR count). The largest absolute Gasteiger partial charge is 0.380 e. The van der Waals surface area contributed by atoms with Crippen LogP contribution in [0.15, 0.2) is 4.99 Å². The zero-order valence-electron chi connectivity index (χ0n) is 29.3. The van der Waals surface area contributed by atoms with Gasteiger partial charge in [-0.2, -0.15) is 0 Å². The van der Waals surface area contributed by atoms with Gasteiger partial charge in [-0.15, -0.1) is 0 Å². The number of nitrogens with zero attached hydrogens (tertiary/aromatic N) is 2. The molecule has 0 bridgehead atoms. The van der Waals surface area contributed by atoms with Crippen molar-refractivity contribution in [2.45, 2.75) is 213 Å². The van der Waals surface area contributed by atoms with E-state index in [-0.39, 0.29) is 0 Å². The lowest BCUT2D eigenvalue weighted by atomic mass is 10.0. The van der Waals surface area contributed by atoms with Gasteiger partial charge in [-0.3, -0.25) is 4.99 Å². The predicted octanol–water partition coefficient (Wildman–Crippen LogP) is 12.8. The Morgan fingerprint density at radius 3 is 1.21 bits per heavy atom. The van der Waals surface area contributed by atoms with Gasteiger partial charge < -0.3 is 9.64 Å². The van der Waals surface area contributed by atoms with Crippen LogP contribution in [0.2, 0.25) is 0 Å². The standard InChI is InChI=1S/C39H78N2O/c1-3-5-7-9-11-13-15-17-19-20-21-23-25-27-29-31-33-39-40-34-35-41(39)36-38-42-37-32-30-28-26-24-22-18-16-14-12-10-8-6-4-2/h3-38H2,1-2H3. The van der Waals surface area contributed by atoms with Crippen LogP contribution in [0.4, 0.5) is 0 Å². The summed E-state index contributed by atoms with van der Waals surface area (Å²) in [5, 5.41) is 0. The molecule has 0 radical (unpaired) electrons. The van der Waals surface area contributed by atoms with Crippen LogP contribution in [0.1, 0.15) is 213 Å². The smallest absolute Gasteiger partial charge is 0.0991 e. The molecule has 250 valence electrons. The Morgan fingerprint density at radius 2 is 0.810 bits per heavy atom. The number of ether oxygens (including phenoxy) is 1. The molecule has 1 aliphatic rings. The van der Waals surface area contributed by atoms with Crippen LogP contribution in [0.5, 0.6) is 0 Å². The molecule has 0 fully saturated rings. The van der Waals surface area contributed by atoms with E-state index >= 15 is 0 Å². The van der Waals surface area contributed by atoms with Crippen LogP contribution in [0, 0.1) is 0 Å². The van der Waals surface area contributed by atoms with E-state index in [1.54, 1.807) is 0 Å². The Bertz CT molecular complexity index is 549. The predicted molar refractivity (Wildman–Crippen MR) is 189 cm³/mol. The first-order valence-electron chi connectivity index (χ1n) is 19.7. The van der Waals surface area contributed by atoms with Crippen molar-refractivity contribution < 1.29 is 4.74 Å². The van der Waals surface area contributed by atoms with Crippen molar-refractivity contribution in [1.29, 1.82) is 0 Å². The molecule has 0 aliphatic carbocycles. The first-order chi connectivity index (χ1) is 20.9. The topological polar surface area (TPSA) is 24.8 Å². The molecule has 0 atom stereocenters. The highest BCUT2D eigenvalue weighted by atomic mass is 16.5. The molecule has 3 heteroatoms. The van der Waals surface area contributed by atoms with Gasteiger partial charge in [0, 0.05) is 26.1 Å². The molecular formula is C39H78N2O. The maximum Gasteiger partial charge on any atom is 0.0991 e. The van der Waals surface area contributed by atoms with Crippen LogP contribution < -0.4 is 0 Å². The lowest BCUT2D eigenvalue weighted by Crippen LogP contribution is -2.31. The Kier molecular flexibility index (Phi) is 31.3. The van der Waals surface area contributed by atoms with Crippen LogP contribution in [-0.4, -0.2) is 43.6 Å². The summed E-state index contributed by atoms with van der Waals surface area (Å²) in [7, 11) is 0. The summed E-state index contributed by atoms with van der Waals surface area (Å²) in [5.74, 6) is 1.36. The third kappa shape index (κ3) is 27.0. The molecule has 0 aromatic heterocycles. The molecule has 0 saturated carbocycles. The van der Waals surface area contributed by atoms with Gasteiger partial charge in [-0.25, -0.2) is 0 Å². The highest BCUT2D eigenvalue weighted by Gasteiger charge is 2.15. The lowest BCUT2D eigenvalue weighted by Gasteiger charge is -2.20. The molecule has 1 heterocycles. The van der Waals surface area contributed by atoms with E-state index in [1.807, 2.05) is 0 Å². The number of hydrogen-bond acceptors (Lipinski definition) is 3. The second kappa shape index (κ2) is 33.3. The summed E-state index contributed by atoms with van der Waals surface area (Å²) >= 11 is 0. The molecule has 0 spiro atoms. The molecular weight excluding hydrogens is 512 g/mol. The number of unbranched alkanes of at least 4 members (excludes halogenated alkanes) is 28. The number of aliphatic imine (C=N–C) groups is 1.